The average Bonchev–Trinajstić information content (AvgIpc) is 3.52. The van der Waals surface area contributed by atoms with Crippen molar-refractivity contribution in [2.75, 3.05) is 26.4 Å². The summed E-state index contributed by atoms with van der Waals surface area (Å²) in [6.07, 6.45) is 7.69. The fourth-order valence-corrected chi connectivity index (χ4v) is 4.18. The number of ether oxygens (including phenoxy) is 2. The van der Waals surface area contributed by atoms with Gasteiger partial charge in [0.25, 0.3) is 0 Å². The van der Waals surface area contributed by atoms with Crippen LogP contribution in [0.25, 0.3) is 5.95 Å². The standard InChI is InChI=1S/C22H26N6O2.ClH/c1-16-11-18(26-22(25-16)28-10-7-24-14-28)19-3-2-8-27(19)9-6-23-13-17-4-5-20-21(12-17)30-15-29-20;/h4-5,7,10-12,14,19,23H,2-3,6,8-9,13,15H2,1H3;1H. The molecule has 9 heteroatoms. The second-order valence-electron chi connectivity index (χ2n) is 7.76. The molecule has 1 saturated heterocycles. The molecule has 1 aromatic carbocycles. The lowest BCUT2D eigenvalue weighted by Crippen LogP contribution is -2.32. The molecule has 2 aliphatic heterocycles. The van der Waals surface area contributed by atoms with Crippen molar-refractivity contribution in [1.82, 2.24) is 29.7 Å². The molecule has 1 N–H and O–H groups in total. The zero-order valence-corrected chi connectivity index (χ0v) is 18.3. The Morgan fingerprint density at radius 1 is 1.16 bits per heavy atom. The molecule has 0 spiro atoms. The van der Waals surface area contributed by atoms with Crippen molar-refractivity contribution < 1.29 is 9.47 Å². The largest absolute Gasteiger partial charge is 0.454 e. The number of hydrogen-bond acceptors (Lipinski definition) is 7. The zero-order valence-electron chi connectivity index (χ0n) is 17.5. The quantitative estimate of drug-likeness (QED) is 0.563. The summed E-state index contributed by atoms with van der Waals surface area (Å²) < 4.78 is 12.7. The van der Waals surface area contributed by atoms with Gasteiger partial charge in [-0.25, -0.2) is 15.0 Å². The zero-order chi connectivity index (χ0) is 20.3. The van der Waals surface area contributed by atoms with Gasteiger partial charge in [-0.3, -0.25) is 9.47 Å². The molecule has 2 aliphatic rings. The summed E-state index contributed by atoms with van der Waals surface area (Å²) in [5, 5.41) is 3.55. The molecule has 0 saturated carbocycles. The average molecular weight is 443 g/mol. The van der Waals surface area contributed by atoms with Crippen molar-refractivity contribution in [3.63, 3.8) is 0 Å². The molecule has 0 radical (unpaired) electrons. The van der Waals surface area contributed by atoms with E-state index in [0.717, 1.165) is 55.5 Å². The molecule has 5 rings (SSSR count). The minimum absolute atomic E-state index is 0. The van der Waals surface area contributed by atoms with E-state index in [0.29, 0.717) is 18.8 Å². The van der Waals surface area contributed by atoms with Crippen LogP contribution in [0.3, 0.4) is 0 Å². The summed E-state index contributed by atoms with van der Waals surface area (Å²) in [5.74, 6) is 2.35. The van der Waals surface area contributed by atoms with Crippen LogP contribution < -0.4 is 14.8 Å². The predicted octanol–water partition coefficient (Wildman–Crippen LogP) is 3.05. The Labute approximate surface area is 188 Å². The van der Waals surface area contributed by atoms with Crippen LogP contribution in [0.15, 0.2) is 43.0 Å². The highest BCUT2D eigenvalue weighted by atomic mass is 35.5. The molecule has 1 fully saturated rings. The summed E-state index contributed by atoms with van der Waals surface area (Å²) in [6, 6.07) is 8.56. The minimum Gasteiger partial charge on any atom is -0.454 e. The first-order valence-electron chi connectivity index (χ1n) is 10.4. The third-order valence-corrected chi connectivity index (χ3v) is 5.64. The summed E-state index contributed by atoms with van der Waals surface area (Å²) in [4.78, 5) is 16.0. The molecule has 164 valence electrons. The predicted molar refractivity (Wildman–Crippen MR) is 119 cm³/mol. The molecule has 0 amide bonds. The maximum Gasteiger partial charge on any atom is 0.235 e. The highest BCUT2D eigenvalue weighted by molar-refractivity contribution is 5.85. The fraction of sp³-hybridized carbons (Fsp3) is 0.409. The number of halogens is 1. The number of aryl methyl sites for hydroxylation is 1. The lowest BCUT2D eigenvalue weighted by Gasteiger charge is -2.24. The lowest BCUT2D eigenvalue weighted by molar-refractivity contribution is 0.174. The van der Waals surface area contributed by atoms with E-state index >= 15 is 0 Å². The van der Waals surface area contributed by atoms with Crippen molar-refractivity contribution in [2.45, 2.75) is 32.4 Å². The van der Waals surface area contributed by atoms with Gasteiger partial charge in [0.15, 0.2) is 11.5 Å². The second-order valence-corrected chi connectivity index (χ2v) is 7.76. The number of benzene rings is 1. The summed E-state index contributed by atoms with van der Waals surface area (Å²) in [6.45, 7) is 6.15. The molecular weight excluding hydrogens is 416 g/mol. The van der Waals surface area contributed by atoms with Crippen LogP contribution >= 0.6 is 12.4 Å². The highest BCUT2D eigenvalue weighted by Gasteiger charge is 2.27. The number of hydrogen-bond donors (Lipinski definition) is 1. The SMILES string of the molecule is Cc1cc(C2CCCN2CCNCc2ccc3c(c2)OCO3)nc(-n2ccnc2)n1.Cl. The molecule has 1 atom stereocenters. The van der Waals surface area contributed by atoms with Crippen molar-refractivity contribution in [2.24, 2.45) is 0 Å². The maximum atomic E-state index is 5.46. The van der Waals surface area contributed by atoms with Crippen molar-refractivity contribution in [1.29, 1.82) is 0 Å². The second kappa shape index (κ2) is 9.64. The Morgan fingerprint density at radius 3 is 2.94 bits per heavy atom. The van der Waals surface area contributed by atoms with Gasteiger partial charge in [0.05, 0.1) is 11.7 Å². The third-order valence-electron chi connectivity index (χ3n) is 5.64. The van der Waals surface area contributed by atoms with Crippen molar-refractivity contribution in [3.05, 3.63) is 59.9 Å². The van der Waals surface area contributed by atoms with Gasteiger partial charge in [0, 0.05) is 37.7 Å². The van der Waals surface area contributed by atoms with Crippen LogP contribution in [0.4, 0.5) is 0 Å². The first-order chi connectivity index (χ1) is 14.8. The number of rotatable bonds is 7. The molecular formula is C22H27ClN6O2. The van der Waals surface area contributed by atoms with Gasteiger partial charge in [-0.15, -0.1) is 12.4 Å². The van der Waals surface area contributed by atoms with Crippen LogP contribution in [0.1, 0.15) is 35.8 Å². The molecule has 4 heterocycles. The number of imidazole rings is 1. The van der Waals surface area contributed by atoms with E-state index in [1.165, 1.54) is 12.0 Å². The summed E-state index contributed by atoms with van der Waals surface area (Å²) in [5.41, 5.74) is 3.28. The monoisotopic (exact) mass is 442 g/mol. The molecule has 2 aromatic heterocycles. The van der Waals surface area contributed by atoms with E-state index < -0.39 is 0 Å². The van der Waals surface area contributed by atoms with E-state index in [4.69, 9.17) is 14.5 Å². The van der Waals surface area contributed by atoms with Crippen LogP contribution in [0, 0.1) is 6.92 Å². The molecule has 0 aliphatic carbocycles. The first-order valence-corrected chi connectivity index (χ1v) is 10.4. The van der Waals surface area contributed by atoms with Crippen LogP contribution in [0.2, 0.25) is 0 Å². The Kier molecular flexibility index (Phi) is 6.70. The Balaban J connectivity index is 0.00000231. The molecule has 31 heavy (non-hydrogen) atoms. The van der Waals surface area contributed by atoms with Crippen LogP contribution in [0.5, 0.6) is 11.5 Å². The van der Waals surface area contributed by atoms with E-state index in [9.17, 15) is 0 Å². The number of likely N-dealkylation sites (tertiary alicyclic amines) is 1. The van der Waals surface area contributed by atoms with Gasteiger partial charge in [-0.1, -0.05) is 6.07 Å². The lowest BCUT2D eigenvalue weighted by atomic mass is 10.1. The van der Waals surface area contributed by atoms with E-state index in [2.05, 4.69) is 38.4 Å². The maximum absolute atomic E-state index is 5.46. The first kappa shape index (κ1) is 21.5. The number of nitrogens with one attached hydrogen (secondary N) is 1. The molecule has 3 aromatic rings. The van der Waals surface area contributed by atoms with Gasteiger partial charge >= 0.3 is 0 Å². The van der Waals surface area contributed by atoms with Crippen LogP contribution in [-0.2, 0) is 6.54 Å². The fourth-order valence-electron chi connectivity index (χ4n) is 4.18. The smallest absolute Gasteiger partial charge is 0.235 e. The Bertz CT molecular complexity index is 1010. The molecule has 0 bridgehead atoms. The number of aromatic nitrogens is 4. The van der Waals surface area contributed by atoms with Crippen molar-refractivity contribution >= 4 is 12.4 Å². The van der Waals surface area contributed by atoms with E-state index in [1.807, 2.05) is 23.8 Å². The molecule has 1 unspecified atom stereocenters. The Morgan fingerprint density at radius 2 is 2.06 bits per heavy atom. The van der Waals surface area contributed by atoms with Gasteiger partial charge < -0.3 is 14.8 Å². The third kappa shape index (κ3) is 4.81. The molecule has 8 nitrogen and oxygen atoms in total. The Hall–Kier alpha value is -2.68. The summed E-state index contributed by atoms with van der Waals surface area (Å²) in [7, 11) is 0. The number of fused-ring (bicyclic) bond motifs is 1. The van der Waals surface area contributed by atoms with Gasteiger partial charge in [0.2, 0.25) is 12.7 Å². The minimum atomic E-state index is 0. The van der Waals surface area contributed by atoms with Crippen LogP contribution in [-0.4, -0.2) is 50.8 Å². The summed E-state index contributed by atoms with van der Waals surface area (Å²) >= 11 is 0. The van der Waals surface area contributed by atoms with E-state index in [-0.39, 0.29) is 12.4 Å². The normalized spacial score (nSPS) is 17.6. The van der Waals surface area contributed by atoms with Gasteiger partial charge in [-0.05, 0) is 50.1 Å². The van der Waals surface area contributed by atoms with E-state index in [1.54, 1.807) is 12.5 Å². The number of nitrogens with zero attached hydrogens (tertiary/aromatic N) is 5. The van der Waals surface area contributed by atoms with Crippen molar-refractivity contribution in [3.8, 4) is 17.4 Å². The van der Waals surface area contributed by atoms with Gasteiger partial charge in [-0.2, -0.15) is 0 Å². The highest BCUT2D eigenvalue weighted by Crippen LogP contribution is 2.33. The van der Waals surface area contributed by atoms with Gasteiger partial charge in [0.1, 0.15) is 6.33 Å². The topological polar surface area (TPSA) is 77.3 Å².